The van der Waals surface area contributed by atoms with Crippen LogP contribution in [0.5, 0.6) is 0 Å². The second-order valence-corrected chi connectivity index (χ2v) is 2.81. The minimum atomic E-state index is -2.65. The number of hydrogen-bond acceptors (Lipinski definition) is 0. The molecule has 0 fully saturated rings. The van der Waals surface area contributed by atoms with Crippen molar-refractivity contribution in [1.29, 1.82) is 0 Å². The monoisotopic (exact) mass is 194 g/mol. The molecule has 0 aromatic heterocycles. The Morgan fingerprint density at radius 2 is 2.22 bits per heavy atom. The fraction of sp³-hybridized carbons (Fsp3) is 0.333. The Morgan fingerprint density at radius 1 is 1.56 bits per heavy atom. The van der Waals surface area contributed by atoms with Crippen LogP contribution in [0, 0.1) is 0 Å². The van der Waals surface area contributed by atoms with Crippen LogP contribution in [0.1, 0.15) is 6.42 Å². The molecule has 1 aliphatic carbocycles. The van der Waals surface area contributed by atoms with Crippen molar-refractivity contribution >= 4 is 15.9 Å². The van der Waals surface area contributed by atoms with E-state index in [4.69, 9.17) is 0 Å². The highest BCUT2D eigenvalue weighted by atomic mass is 79.9. The van der Waals surface area contributed by atoms with Gasteiger partial charge in [-0.2, -0.15) is 0 Å². The second kappa shape index (κ2) is 2.21. The quantitative estimate of drug-likeness (QED) is 0.557. The van der Waals surface area contributed by atoms with E-state index in [1.54, 1.807) is 6.08 Å². The molecule has 0 nitrogen and oxygen atoms in total. The third kappa shape index (κ3) is 1.90. The Bertz CT molecular complexity index is 170. The molecule has 0 radical (unpaired) electrons. The molecule has 0 saturated heterocycles. The number of allylic oxidation sites excluding steroid dienone is 4. The van der Waals surface area contributed by atoms with Crippen LogP contribution < -0.4 is 0 Å². The van der Waals surface area contributed by atoms with E-state index in [1.165, 1.54) is 6.08 Å². The predicted molar refractivity (Wildman–Crippen MR) is 35.7 cm³/mol. The molecule has 0 aromatic rings. The van der Waals surface area contributed by atoms with E-state index >= 15 is 0 Å². The van der Waals surface area contributed by atoms with Gasteiger partial charge in [-0.15, -0.1) is 0 Å². The zero-order valence-electron chi connectivity index (χ0n) is 4.57. The zero-order chi connectivity index (χ0) is 6.91. The second-order valence-electron chi connectivity index (χ2n) is 1.90. The van der Waals surface area contributed by atoms with E-state index in [-0.39, 0.29) is 6.42 Å². The van der Waals surface area contributed by atoms with Gasteiger partial charge < -0.3 is 0 Å². The molecule has 1 aliphatic rings. The molecule has 0 N–H and O–H groups in total. The van der Waals surface area contributed by atoms with Crippen LogP contribution in [0.4, 0.5) is 8.78 Å². The van der Waals surface area contributed by atoms with Gasteiger partial charge in [0.05, 0.1) is 0 Å². The summed E-state index contributed by atoms with van der Waals surface area (Å²) in [7, 11) is 0. The third-order valence-electron chi connectivity index (χ3n) is 1.02. The van der Waals surface area contributed by atoms with Crippen LogP contribution >= 0.6 is 15.9 Å². The number of halogens is 3. The molecular weight excluding hydrogens is 190 g/mol. The maximum atomic E-state index is 12.3. The van der Waals surface area contributed by atoms with E-state index in [0.29, 0.717) is 4.48 Å². The first kappa shape index (κ1) is 6.93. The molecule has 0 unspecified atom stereocenters. The van der Waals surface area contributed by atoms with Crippen LogP contribution in [-0.4, -0.2) is 5.92 Å². The highest BCUT2D eigenvalue weighted by Gasteiger charge is 2.25. The normalized spacial score (nSPS) is 23.7. The Balaban J connectivity index is 2.78. The summed E-state index contributed by atoms with van der Waals surface area (Å²) in [5.74, 6) is -2.65. The molecule has 9 heavy (non-hydrogen) atoms. The third-order valence-corrected chi connectivity index (χ3v) is 1.51. The summed E-state index contributed by atoms with van der Waals surface area (Å²) in [6, 6.07) is 0. The van der Waals surface area contributed by atoms with Gasteiger partial charge >= 0.3 is 0 Å². The Labute approximate surface area is 60.4 Å². The van der Waals surface area contributed by atoms with Gasteiger partial charge in [0, 0.05) is 10.9 Å². The van der Waals surface area contributed by atoms with Gasteiger partial charge in [0.25, 0.3) is 5.92 Å². The molecule has 0 spiro atoms. The Kier molecular flexibility index (Phi) is 1.70. The van der Waals surface area contributed by atoms with Gasteiger partial charge in [0.15, 0.2) is 0 Å². The predicted octanol–water partition coefficient (Wildman–Crippen LogP) is 2.86. The first-order chi connectivity index (χ1) is 4.10. The molecule has 0 heterocycles. The summed E-state index contributed by atoms with van der Waals surface area (Å²) in [4.78, 5) is 0. The van der Waals surface area contributed by atoms with Crippen molar-refractivity contribution in [1.82, 2.24) is 0 Å². The van der Waals surface area contributed by atoms with Gasteiger partial charge in [0.1, 0.15) is 0 Å². The van der Waals surface area contributed by atoms with E-state index in [2.05, 4.69) is 15.9 Å². The minimum absolute atomic E-state index is 0.178. The summed E-state index contributed by atoms with van der Waals surface area (Å²) in [6.45, 7) is 0. The van der Waals surface area contributed by atoms with Crippen LogP contribution in [0.25, 0.3) is 0 Å². The molecule has 0 aromatic carbocycles. The Hall–Kier alpha value is -0.180. The highest BCUT2D eigenvalue weighted by Crippen LogP contribution is 2.28. The van der Waals surface area contributed by atoms with Crippen LogP contribution in [0.2, 0.25) is 0 Å². The smallest absolute Gasteiger partial charge is 0.202 e. The fourth-order valence-electron chi connectivity index (χ4n) is 0.637. The minimum Gasteiger partial charge on any atom is -0.202 e. The summed E-state index contributed by atoms with van der Waals surface area (Å²) >= 11 is 2.96. The molecule has 0 atom stereocenters. The number of alkyl halides is 2. The SMILES string of the molecule is FC1(F)C=C(Br)C=CC1. The van der Waals surface area contributed by atoms with Crippen molar-refractivity contribution in [3.63, 3.8) is 0 Å². The van der Waals surface area contributed by atoms with Crippen LogP contribution in [0.3, 0.4) is 0 Å². The first-order valence-electron chi connectivity index (χ1n) is 2.53. The van der Waals surface area contributed by atoms with Gasteiger partial charge in [-0.3, -0.25) is 0 Å². The van der Waals surface area contributed by atoms with Gasteiger partial charge in [-0.25, -0.2) is 8.78 Å². The average Bonchev–Trinajstić information content (AvgIpc) is 1.60. The number of hydrogen-bond donors (Lipinski definition) is 0. The largest absolute Gasteiger partial charge is 0.271 e. The molecule has 50 valence electrons. The van der Waals surface area contributed by atoms with Gasteiger partial charge in [-0.1, -0.05) is 28.1 Å². The topological polar surface area (TPSA) is 0 Å². The van der Waals surface area contributed by atoms with Crippen LogP contribution in [0.15, 0.2) is 22.7 Å². The summed E-state index contributed by atoms with van der Waals surface area (Å²) < 4.78 is 25.1. The van der Waals surface area contributed by atoms with Crippen molar-refractivity contribution in [3.05, 3.63) is 22.7 Å². The molecule has 0 saturated carbocycles. The highest BCUT2D eigenvalue weighted by molar-refractivity contribution is 9.11. The molecule has 0 bridgehead atoms. The maximum Gasteiger partial charge on any atom is 0.271 e. The maximum absolute atomic E-state index is 12.3. The molecular formula is C6H5BrF2. The molecule has 3 heteroatoms. The first-order valence-corrected chi connectivity index (χ1v) is 3.32. The summed E-state index contributed by atoms with van der Waals surface area (Å²) in [5.41, 5.74) is 0. The van der Waals surface area contributed by atoms with Crippen molar-refractivity contribution in [2.75, 3.05) is 0 Å². The molecule has 0 amide bonds. The number of rotatable bonds is 0. The lowest BCUT2D eigenvalue weighted by molar-refractivity contribution is 0.0574. The standard InChI is InChI=1S/C6H5BrF2/c7-5-2-1-3-6(8,9)4-5/h1-2,4H,3H2. The van der Waals surface area contributed by atoms with Gasteiger partial charge in [0.2, 0.25) is 0 Å². The van der Waals surface area contributed by atoms with E-state index in [1.807, 2.05) is 0 Å². The van der Waals surface area contributed by atoms with Crippen LogP contribution in [-0.2, 0) is 0 Å². The summed E-state index contributed by atoms with van der Waals surface area (Å²) in [6.07, 6.45) is 3.80. The lowest BCUT2D eigenvalue weighted by atomic mass is 10.1. The van der Waals surface area contributed by atoms with Crippen molar-refractivity contribution in [3.8, 4) is 0 Å². The van der Waals surface area contributed by atoms with Crippen molar-refractivity contribution in [2.45, 2.75) is 12.3 Å². The van der Waals surface area contributed by atoms with E-state index in [0.717, 1.165) is 6.08 Å². The average molecular weight is 195 g/mol. The van der Waals surface area contributed by atoms with Gasteiger partial charge in [-0.05, 0) is 6.08 Å². The zero-order valence-corrected chi connectivity index (χ0v) is 6.16. The van der Waals surface area contributed by atoms with Crippen molar-refractivity contribution < 1.29 is 8.78 Å². The fourth-order valence-corrected chi connectivity index (χ4v) is 1.16. The van der Waals surface area contributed by atoms with Crippen molar-refractivity contribution in [2.24, 2.45) is 0 Å². The molecule has 1 rings (SSSR count). The molecule has 0 aliphatic heterocycles. The lowest BCUT2D eigenvalue weighted by Crippen LogP contribution is -2.12. The van der Waals surface area contributed by atoms with E-state index in [9.17, 15) is 8.78 Å². The Morgan fingerprint density at radius 3 is 2.56 bits per heavy atom. The van der Waals surface area contributed by atoms with E-state index < -0.39 is 5.92 Å². The summed E-state index contributed by atoms with van der Waals surface area (Å²) in [5, 5.41) is 0. The lowest BCUT2D eigenvalue weighted by Gasteiger charge is -2.12.